The summed E-state index contributed by atoms with van der Waals surface area (Å²) in [5.74, 6) is 0.864. The Bertz CT molecular complexity index is 225. The lowest BCUT2D eigenvalue weighted by atomic mass is 9.72. The molecular formula is C13H23NO. The van der Waals surface area contributed by atoms with Crippen LogP contribution in [-0.2, 0) is 4.79 Å². The van der Waals surface area contributed by atoms with E-state index in [0.717, 1.165) is 25.7 Å². The summed E-state index contributed by atoms with van der Waals surface area (Å²) in [5, 5.41) is 0. The quantitative estimate of drug-likeness (QED) is 0.776. The van der Waals surface area contributed by atoms with E-state index in [4.69, 9.17) is 5.73 Å². The first-order valence-corrected chi connectivity index (χ1v) is 6.53. The van der Waals surface area contributed by atoms with Gasteiger partial charge in [0.2, 0.25) is 0 Å². The van der Waals surface area contributed by atoms with E-state index >= 15 is 0 Å². The van der Waals surface area contributed by atoms with Crippen molar-refractivity contribution in [3.05, 3.63) is 0 Å². The van der Waals surface area contributed by atoms with Crippen LogP contribution in [0.4, 0.5) is 0 Å². The summed E-state index contributed by atoms with van der Waals surface area (Å²) in [6, 6.07) is 0. The molecule has 2 rings (SSSR count). The maximum Gasteiger partial charge on any atom is 0.143 e. The Morgan fingerprint density at radius 1 is 1.07 bits per heavy atom. The third-order valence-electron chi connectivity index (χ3n) is 4.45. The number of rotatable bonds is 3. The monoisotopic (exact) mass is 209 g/mol. The van der Waals surface area contributed by atoms with Gasteiger partial charge in [-0.3, -0.25) is 4.79 Å². The highest BCUT2D eigenvalue weighted by Crippen LogP contribution is 2.42. The number of hydrogen-bond donors (Lipinski definition) is 1. The first-order chi connectivity index (χ1) is 7.28. The van der Waals surface area contributed by atoms with E-state index < -0.39 is 0 Å². The SMILES string of the molecule is NCC1(C(=O)C2CCCCC2)CCCC1. The predicted octanol–water partition coefficient (Wildman–Crippen LogP) is 2.65. The molecule has 0 amide bonds. The summed E-state index contributed by atoms with van der Waals surface area (Å²) in [4.78, 5) is 12.5. The molecule has 0 radical (unpaired) electrons. The van der Waals surface area contributed by atoms with E-state index in [0.29, 0.717) is 18.2 Å². The Kier molecular flexibility index (Phi) is 3.45. The number of carbonyl (C=O) groups excluding carboxylic acids is 1. The van der Waals surface area contributed by atoms with Crippen LogP contribution >= 0.6 is 0 Å². The van der Waals surface area contributed by atoms with Crippen LogP contribution in [0.2, 0.25) is 0 Å². The average molecular weight is 209 g/mol. The zero-order chi connectivity index (χ0) is 10.7. The van der Waals surface area contributed by atoms with Crippen molar-refractivity contribution < 1.29 is 4.79 Å². The van der Waals surface area contributed by atoms with Crippen LogP contribution in [0.5, 0.6) is 0 Å². The van der Waals surface area contributed by atoms with E-state index in [1.807, 2.05) is 0 Å². The van der Waals surface area contributed by atoms with Crippen LogP contribution in [0.3, 0.4) is 0 Å². The number of hydrogen-bond acceptors (Lipinski definition) is 2. The molecule has 0 aromatic heterocycles. The Labute approximate surface area is 92.6 Å². The summed E-state index contributed by atoms with van der Waals surface area (Å²) in [5.41, 5.74) is 5.75. The normalized spacial score (nSPS) is 26.7. The van der Waals surface area contributed by atoms with Crippen LogP contribution in [0.25, 0.3) is 0 Å². The summed E-state index contributed by atoms with van der Waals surface area (Å²) in [6.07, 6.45) is 10.6. The molecule has 2 aliphatic rings. The number of carbonyl (C=O) groups is 1. The highest BCUT2D eigenvalue weighted by molar-refractivity contribution is 5.87. The standard InChI is InChI=1S/C13H23NO/c14-10-13(8-4-5-9-13)12(15)11-6-2-1-3-7-11/h11H,1-10,14H2. The van der Waals surface area contributed by atoms with Crippen LogP contribution in [0.15, 0.2) is 0 Å². The molecule has 0 aromatic rings. The van der Waals surface area contributed by atoms with Crippen molar-refractivity contribution in [3.8, 4) is 0 Å². The molecule has 0 bridgehead atoms. The van der Waals surface area contributed by atoms with Crippen molar-refractivity contribution in [1.29, 1.82) is 0 Å². The van der Waals surface area contributed by atoms with Crippen molar-refractivity contribution in [2.75, 3.05) is 6.54 Å². The van der Waals surface area contributed by atoms with Crippen LogP contribution in [-0.4, -0.2) is 12.3 Å². The molecule has 2 fully saturated rings. The third kappa shape index (κ3) is 2.10. The van der Waals surface area contributed by atoms with Crippen molar-refractivity contribution in [2.45, 2.75) is 57.8 Å². The second kappa shape index (κ2) is 4.65. The fourth-order valence-corrected chi connectivity index (χ4v) is 3.40. The molecule has 0 atom stereocenters. The Balaban J connectivity index is 2.03. The molecule has 2 aliphatic carbocycles. The lowest BCUT2D eigenvalue weighted by Crippen LogP contribution is -2.40. The van der Waals surface area contributed by atoms with E-state index in [-0.39, 0.29) is 5.41 Å². The minimum absolute atomic E-state index is 0.109. The molecule has 0 aliphatic heterocycles. The third-order valence-corrected chi connectivity index (χ3v) is 4.45. The van der Waals surface area contributed by atoms with Crippen molar-refractivity contribution >= 4 is 5.78 Å². The predicted molar refractivity (Wildman–Crippen MR) is 61.5 cm³/mol. The fourth-order valence-electron chi connectivity index (χ4n) is 3.40. The van der Waals surface area contributed by atoms with Crippen LogP contribution in [0, 0.1) is 11.3 Å². The average Bonchev–Trinajstić information content (AvgIpc) is 2.79. The van der Waals surface area contributed by atoms with E-state index in [2.05, 4.69) is 0 Å². The molecule has 2 nitrogen and oxygen atoms in total. The molecule has 0 aromatic carbocycles. The number of ketones is 1. The van der Waals surface area contributed by atoms with Gasteiger partial charge in [-0.25, -0.2) is 0 Å². The zero-order valence-electron chi connectivity index (χ0n) is 9.63. The van der Waals surface area contributed by atoms with E-state index in [1.165, 1.54) is 32.1 Å². The van der Waals surface area contributed by atoms with Crippen molar-refractivity contribution in [1.82, 2.24) is 0 Å². The molecular weight excluding hydrogens is 186 g/mol. The topological polar surface area (TPSA) is 43.1 Å². The van der Waals surface area contributed by atoms with Gasteiger partial charge >= 0.3 is 0 Å². The molecule has 0 spiro atoms. The molecule has 0 saturated heterocycles. The minimum atomic E-state index is -0.109. The van der Waals surface area contributed by atoms with Gasteiger partial charge in [-0.05, 0) is 25.7 Å². The van der Waals surface area contributed by atoms with Crippen LogP contribution in [0.1, 0.15) is 57.8 Å². The van der Waals surface area contributed by atoms with Crippen molar-refractivity contribution in [3.63, 3.8) is 0 Å². The van der Waals surface area contributed by atoms with Gasteiger partial charge in [0, 0.05) is 17.9 Å². The van der Waals surface area contributed by atoms with Gasteiger partial charge in [0.25, 0.3) is 0 Å². The smallest absolute Gasteiger partial charge is 0.143 e. The van der Waals surface area contributed by atoms with Gasteiger partial charge in [0.15, 0.2) is 0 Å². The summed E-state index contributed by atoms with van der Waals surface area (Å²) in [7, 11) is 0. The maximum atomic E-state index is 12.5. The Morgan fingerprint density at radius 2 is 1.67 bits per heavy atom. The Hall–Kier alpha value is -0.370. The zero-order valence-corrected chi connectivity index (χ0v) is 9.63. The maximum absolute atomic E-state index is 12.5. The molecule has 2 N–H and O–H groups in total. The minimum Gasteiger partial charge on any atom is -0.329 e. The molecule has 15 heavy (non-hydrogen) atoms. The van der Waals surface area contributed by atoms with E-state index in [9.17, 15) is 4.79 Å². The van der Waals surface area contributed by atoms with Gasteiger partial charge in [-0.15, -0.1) is 0 Å². The number of nitrogens with two attached hydrogens (primary N) is 1. The lowest BCUT2D eigenvalue weighted by Gasteiger charge is -2.32. The Morgan fingerprint density at radius 3 is 2.20 bits per heavy atom. The van der Waals surface area contributed by atoms with Crippen LogP contribution < -0.4 is 5.73 Å². The first kappa shape index (κ1) is 11.1. The van der Waals surface area contributed by atoms with Gasteiger partial charge in [-0.2, -0.15) is 0 Å². The highest BCUT2D eigenvalue weighted by atomic mass is 16.1. The fraction of sp³-hybridized carbons (Fsp3) is 0.923. The highest BCUT2D eigenvalue weighted by Gasteiger charge is 2.42. The molecule has 2 saturated carbocycles. The second-order valence-corrected chi connectivity index (χ2v) is 5.39. The van der Waals surface area contributed by atoms with Gasteiger partial charge in [0.1, 0.15) is 5.78 Å². The lowest BCUT2D eigenvalue weighted by molar-refractivity contribution is -0.133. The summed E-state index contributed by atoms with van der Waals surface area (Å²) in [6.45, 7) is 0.586. The van der Waals surface area contributed by atoms with Crippen molar-refractivity contribution in [2.24, 2.45) is 17.1 Å². The van der Waals surface area contributed by atoms with E-state index in [1.54, 1.807) is 0 Å². The van der Waals surface area contributed by atoms with Gasteiger partial charge in [0.05, 0.1) is 0 Å². The largest absolute Gasteiger partial charge is 0.329 e. The molecule has 86 valence electrons. The van der Waals surface area contributed by atoms with Gasteiger partial charge in [-0.1, -0.05) is 32.1 Å². The number of Topliss-reactive ketones (excluding diaryl/α,β-unsaturated/α-hetero) is 1. The molecule has 0 unspecified atom stereocenters. The van der Waals surface area contributed by atoms with Gasteiger partial charge < -0.3 is 5.73 Å². The summed E-state index contributed by atoms with van der Waals surface area (Å²) >= 11 is 0. The second-order valence-electron chi connectivity index (χ2n) is 5.39. The first-order valence-electron chi connectivity index (χ1n) is 6.53. The molecule has 0 heterocycles. The summed E-state index contributed by atoms with van der Waals surface area (Å²) < 4.78 is 0. The molecule has 2 heteroatoms.